The van der Waals surface area contributed by atoms with Crippen LogP contribution < -0.4 is 4.74 Å². The second-order valence-electron chi connectivity index (χ2n) is 6.78. The molecular weight excluding hydrogens is 336 g/mol. The molecule has 1 aliphatic rings. The van der Waals surface area contributed by atoms with Crippen molar-refractivity contribution in [2.75, 3.05) is 20.2 Å². The number of carboxylic acids is 1. The highest BCUT2D eigenvalue weighted by Crippen LogP contribution is 2.30. The lowest BCUT2D eigenvalue weighted by molar-refractivity contribution is -0.147. The van der Waals surface area contributed by atoms with Gasteiger partial charge in [0, 0.05) is 31.5 Å². The molecule has 7 nitrogen and oxygen atoms in total. The van der Waals surface area contributed by atoms with Crippen LogP contribution in [0.3, 0.4) is 0 Å². The van der Waals surface area contributed by atoms with Gasteiger partial charge < -0.3 is 19.2 Å². The molecule has 0 radical (unpaired) electrons. The monoisotopic (exact) mass is 358 g/mol. The van der Waals surface area contributed by atoms with E-state index in [-0.39, 0.29) is 18.9 Å². The number of hydrogen-bond acceptors (Lipinski definition) is 5. The second-order valence-corrected chi connectivity index (χ2v) is 6.78. The molecule has 1 aromatic heterocycles. The highest BCUT2D eigenvalue weighted by Gasteiger charge is 2.41. The molecule has 0 bridgehead atoms. The quantitative estimate of drug-likeness (QED) is 0.853. The van der Waals surface area contributed by atoms with Crippen molar-refractivity contribution in [2.24, 2.45) is 5.41 Å². The van der Waals surface area contributed by atoms with Crippen molar-refractivity contribution in [3.05, 3.63) is 36.4 Å². The van der Waals surface area contributed by atoms with Gasteiger partial charge in [-0.1, -0.05) is 0 Å². The largest absolute Gasteiger partial charge is 0.497 e. The zero-order valence-corrected chi connectivity index (χ0v) is 14.9. The summed E-state index contributed by atoms with van der Waals surface area (Å²) in [4.78, 5) is 29.4. The Morgan fingerprint density at radius 3 is 2.69 bits per heavy atom. The zero-order chi connectivity index (χ0) is 18.7. The maximum atomic E-state index is 12.3. The molecule has 1 unspecified atom stereocenters. The molecule has 0 saturated carbocycles. The number of likely N-dealkylation sites (tertiary alicyclic amines) is 1. The number of amides is 1. The summed E-state index contributed by atoms with van der Waals surface area (Å²) in [5.74, 6) is 0.959. The number of aromatic nitrogens is 1. The first kappa shape index (κ1) is 18.0. The molecule has 1 aliphatic heterocycles. The van der Waals surface area contributed by atoms with Crippen molar-refractivity contribution in [2.45, 2.75) is 26.2 Å². The molecule has 7 heteroatoms. The Kier molecular flexibility index (Phi) is 4.97. The Hall–Kier alpha value is -2.83. The van der Waals surface area contributed by atoms with Crippen LogP contribution in [-0.2, 0) is 16.0 Å². The fourth-order valence-electron chi connectivity index (χ4n) is 3.04. The number of carboxylic acid groups (broad SMARTS) is 1. The SMILES string of the molecule is COc1ccc(-c2cnc(CCC(=O)N3CCC(C)(C(=O)O)C3)o2)cc1. The van der Waals surface area contributed by atoms with Crippen LogP contribution in [0.1, 0.15) is 25.7 Å². The van der Waals surface area contributed by atoms with Gasteiger partial charge in [-0.15, -0.1) is 0 Å². The van der Waals surface area contributed by atoms with Gasteiger partial charge in [-0.25, -0.2) is 4.98 Å². The third-order valence-electron chi connectivity index (χ3n) is 4.82. The van der Waals surface area contributed by atoms with E-state index < -0.39 is 11.4 Å². The molecule has 0 aliphatic carbocycles. The zero-order valence-electron chi connectivity index (χ0n) is 14.9. The number of ether oxygens (including phenoxy) is 1. The van der Waals surface area contributed by atoms with E-state index in [9.17, 15) is 14.7 Å². The summed E-state index contributed by atoms with van der Waals surface area (Å²) in [6.45, 7) is 2.41. The molecule has 138 valence electrons. The first-order chi connectivity index (χ1) is 12.4. The van der Waals surface area contributed by atoms with Crippen molar-refractivity contribution in [3.8, 4) is 17.1 Å². The molecule has 1 amide bonds. The predicted octanol–water partition coefficient (Wildman–Crippen LogP) is 2.61. The molecule has 2 aromatic rings. The van der Waals surface area contributed by atoms with Crippen LogP contribution in [0, 0.1) is 5.41 Å². The predicted molar refractivity (Wildman–Crippen MR) is 93.8 cm³/mol. The lowest BCUT2D eigenvalue weighted by Crippen LogP contribution is -2.34. The fourth-order valence-corrected chi connectivity index (χ4v) is 3.04. The van der Waals surface area contributed by atoms with Gasteiger partial charge in [0.2, 0.25) is 5.91 Å². The van der Waals surface area contributed by atoms with E-state index in [1.54, 1.807) is 25.1 Å². The highest BCUT2D eigenvalue weighted by molar-refractivity contribution is 5.80. The number of methoxy groups -OCH3 is 1. The minimum absolute atomic E-state index is 0.0702. The molecule has 0 spiro atoms. The van der Waals surface area contributed by atoms with E-state index in [2.05, 4.69) is 4.98 Å². The number of carbonyl (C=O) groups is 2. The number of aryl methyl sites for hydroxylation is 1. The van der Waals surface area contributed by atoms with Gasteiger partial charge in [0.25, 0.3) is 0 Å². The Morgan fingerprint density at radius 1 is 1.35 bits per heavy atom. The van der Waals surface area contributed by atoms with Crippen molar-refractivity contribution >= 4 is 11.9 Å². The van der Waals surface area contributed by atoms with Crippen LogP contribution in [0.5, 0.6) is 5.75 Å². The van der Waals surface area contributed by atoms with E-state index >= 15 is 0 Å². The fraction of sp³-hybridized carbons (Fsp3) is 0.421. The summed E-state index contributed by atoms with van der Waals surface area (Å²) in [6.07, 6.45) is 2.75. The number of aliphatic carboxylic acids is 1. The number of oxazole rings is 1. The molecule has 1 aromatic carbocycles. The molecule has 26 heavy (non-hydrogen) atoms. The van der Waals surface area contributed by atoms with E-state index in [0.717, 1.165) is 11.3 Å². The van der Waals surface area contributed by atoms with Gasteiger partial charge >= 0.3 is 5.97 Å². The van der Waals surface area contributed by atoms with E-state index in [4.69, 9.17) is 9.15 Å². The van der Waals surface area contributed by atoms with Gasteiger partial charge in [0.15, 0.2) is 11.7 Å². The molecule has 1 N–H and O–H groups in total. The second kappa shape index (κ2) is 7.19. The minimum Gasteiger partial charge on any atom is -0.497 e. The summed E-state index contributed by atoms with van der Waals surface area (Å²) >= 11 is 0. The summed E-state index contributed by atoms with van der Waals surface area (Å²) in [7, 11) is 1.61. The van der Waals surface area contributed by atoms with Crippen LogP contribution in [0.2, 0.25) is 0 Å². The van der Waals surface area contributed by atoms with Crippen molar-refractivity contribution in [1.29, 1.82) is 0 Å². The average Bonchev–Trinajstić information content (AvgIpc) is 3.27. The summed E-state index contributed by atoms with van der Waals surface area (Å²) in [6, 6.07) is 7.44. The van der Waals surface area contributed by atoms with E-state index in [0.29, 0.717) is 31.0 Å². The van der Waals surface area contributed by atoms with Gasteiger partial charge in [-0.3, -0.25) is 9.59 Å². The number of hydrogen-bond donors (Lipinski definition) is 1. The Morgan fingerprint density at radius 2 is 2.08 bits per heavy atom. The van der Waals surface area contributed by atoms with Crippen LogP contribution >= 0.6 is 0 Å². The third kappa shape index (κ3) is 3.71. The van der Waals surface area contributed by atoms with Crippen molar-refractivity contribution < 1.29 is 23.8 Å². The van der Waals surface area contributed by atoms with E-state index in [1.165, 1.54) is 0 Å². The van der Waals surface area contributed by atoms with Gasteiger partial charge in [0.05, 0.1) is 18.7 Å². The van der Waals surface area contributed by atoms with Crippen LogP contribution in [0.4, 0.5) is 0 Å². The van der Waals surface area contributed by atoms with Crippen LogP contribution in [-0.4, -0.2) is 47.1 Å². The van der Waals surface area contributed by atoms with Crippen LogP contribution in [0.15, 0.2) is 34.9 Å². The standard InChI is InChI=1S/C19H22N2O5/c1-19(18(23)24)9-10-21(12-19)17(22)8-7-16-20-11-15(26-16)13-3-5-14(25-2)6-4-13/h3-6,11H,7-10,12H2,1-2H3,(H,23,24). The smallest absolute Gasteiger partial charge is 0.311 e. The molecule has 1 atom stereocenters. The first-order valence-corrected chi connectivity index (χ1v) is 8.51. The average molecular weight is 358 g/mol. The number of nitrogens with zero attached hydrogens (tertiary/aromatic N) is 2. The van der Waals surface area contributed by atoms with Gasteiger partial charge in [-0.2, -0.15) is 0 Å². The van der Waals surface area contributed by atoms with E-state index in [1.807, 2.05) is 24.3 Å². The molecular formula is C19H22N2O5. The Labute approximate surface area is 151 Å². The first-order valence-electron chi connectivity index (χ1n) is 8.51. The molecule has 1 saturated heterocycles. The lowest BCUT2D eigenvalue weighted by atomic mass is 9.90. The third-order valence-corrected chi connectivity index (χ3v) is 4.82. The van der Waals surface area contributed by atoms with Gasteiger partial charge in [0.1, 0.15) is 5.75 Å². The van der Waals surface area contributed by atoms with Gasteiger partial charge in [-0.05, 0) is 37.6 Å². The topological polar surface area (TPSA) is 92.9 Å². The normalized spacial score (nSPS) is 19.5. The Balaban J connectivity index is 1.56. The maximum Gasteiger partial charge on any atom is 0.311 e. The molecule has 1 fully saturated rings. The highest BCUT2D eigenvalue weighted by atomic mass is 16.5. The summed E-state index contributed by atoms with van der Waals surface area (Å²) in [5.41, 5.74) is 0.0350. The minimum atomic E-state index is -0.857. The number of benzene rings is 1. The Bertz CT molecular complexity index is 799. The van der Waals surface area contributed by atoms with Crippen molar-refractivity contribution in [3.63, 3.8) is 0 Å². The lowest BCUT2D eigenvalue weighted by Gasteiger charge is -2.19. The summed E-state index contributed by atoms with van der Waals surface area (Å²) in [5, 5.41) is 9.25. The molecule has 3 rings (SSSR count). The van der Waals surface area contributed by atoms with Crippen LogP contribution in [0.25, 0.3) is 11.3 Å². The number of carbonyl (C=O) groups excluding carboxylic acids is 1. The maximum absolute atomic E-state index is 12.3. The summed E-state index contributed by atoms with van der Waals surface area (Å²) < 4.78 is 10.8. The van der Waals surface area contributed by atoms with Crippen molar-refractivity contribution in [1.82, 2.24) is 9.88 Å². The molecule has 2 heterocycles. The number of rotatable bonds is 6.